The molecule has 0 aromatic heterocycles. The molecule has 15 heavy (non-hydrogen) atoms. The Balaban J connectivity index is 2.48. The molecule has 0 amide bonds. The molecule has 0 unspecified atom stereocenters. The predicted molar refractivity (Wildman–Crippen MR) is 56.7 cm³/mol. The van der Waals surface area contributed by atoms with Crippen LogP contribution in [0.3, 0.4) is 0 Å². The zero-order valence-electron chi connectivity index (χ0n) is 8.73. The van der Waals surface area contributed by atoms with E-state index >= 15 is 0 Å². The second-order valence-electron chi connectivity index (χ2n) is 3.24. The zero-order valence-corrected chi connectivity index (χ0v) is 8.73. The Morgan fingerprint density at radius 2 is 2.00 bits per heavy atom. The SMILES string of the molecule is C/C(=N/OCc1ccc(C)cc1)C(=O)O. The summed E-state index contributed by atoms with van der Waals surface area (Å²) < 4.78 is 0. The van der Waals surface area contributed by atoms with E-state index in [4.69, 9.17) is 9.94 Å². The topological polar surface area (TPSA) is 58.9 Å². The number of carbonyl (C=O) groups is 1. The first-order valence-corrected chi connectivity index (χ1v) is 4.55. The van der Waals surface area contributed by atoms with E-state index in [9.17, 15) is 4.79 Å². The molecule has 0 heterocycles. The van der Waals surface area contributed by atoms with Gasteiger partial charge in [-0.3, -0.25) is 0 Å². The van der Waals surface area contributed by atoms with Crippen LogP contribution in [-0.4, -0.2) is 16.8 Å². The third-order valence-corrected chi connectivity index (χ3v) is 1.86. The summed E-state index contributed by atoms with van der Waals surface area (Å²) in [5, 5.41) is 12.0. The number of aryl methyl sites for hydroxylation is 1. The Morgan fingerprint density at radius 1 is 1.40 bits per heavy atom. The van der Waals surface area contributed by atoms with Gasteiger partial charge in [0.05, 0.1) is 0 Å². The predicted octanol–water partition coefficient (Wildman–Crippen LogP) is 1.97. The molecule has 0 aliphatic carbocycles. The van der Waals surface area contributed by atoms with E-state index < -0.39 is 5.97 Å². The summed E-state index contributed by atoms with van der Waals surface area (Å²) >= 11 is 0. The standard InChI is InChI=1S/C11H13NO3/c1-8-3-5-10(6-4-8)7-15-12-9(2)11(13)14/h3-6H,7H2,1-2H3,(H,13,14)/b12-9-. The lowest BCUT2D eigenvalue weighted by Gasteiger charge is -2.00. The van der Waals surface area contributed by atoms with Crippen molar-refractivity contribution >= 4 is 11.7 Å². The summed E-state index contributed by atoms with van der Waals surface area (Å²) in [4.78, 5) is 15.3. The van der Waals surface area contributed by atoms with Crippen molar-refractivity contribution in [2.24, 2.45) is 5.16 Å². The van der Waals surface area contributed by atoms with E-state index in [-0.39, 0.29) is 12.3 Å². The van der Waals surface area contributed by atoms with E-state index in [1.165, 1.54) is 12.5 Å². The molecule has 1 N–H and O–H groups in total. The highest BCUT2D eigenvalue weighted by molar-refractivity contribution is 6.34. The van der Waals surface area contributed by atoms with Crippen LogP contribution in [0.5, 0.6) is 0 Å². The lowest BCUT2D eigenvalue weighted by atomic mass is 10.2. The van der Waals surface area contributed by atoms with Gasteiger partial charge in [-0.15, -0.1) is 0 Å². The number of rotatable bonds is 4. The minimum atomic E-state index is -1.07. The maximum atomic E-state index is 10.4. The zero-order chi connectivity index (χ0) is 11.3. The first-order valence-electron chi connectivity index (χ1n) is 4.55. The summed E-state index contributed by atoms with van der Waals surface area (Å²) in [7, 11) is 0. The second kappa shape index (κ2) is 5.14. The van der Waals surface area contributed by atoms with E-state index in [1.807, 2.05) is 31.2 Å². The highest BCUT2D eigenvalue weighted by Gasteiger charge is 2.01. The first kappa shape index (κ1) is 11.2. The molecule has 0 saturated carbocycles. The summed E-state index contributed by atoms with van der Waals surface area (Å²) in [5.74, 6) is -1.07. The van der Waals surface area contributed by atoms with E-state index in [2.05, 4.69) is 5.16 Å². The molecule has 0 aliphatic heterocycles. The Hall–Kier alpha value is -1.84. The maximum absolute atomic E-state index is 10.4. The van der Waals surface area contributed by atoms with Crippen LogP contribution in [0.4, 0.5) is 0 Å². The van der Waals surface area contributed by atoms with Gasteiger partial charge < -0.3 is 9.94 Å². The van der Waals surface area contributed by atoms with Crippen LogP contribution in [0.25, 0.3) is 0 Å². The van der Waals surface area contributed by atoms with Crippen LogP contribution in [0.2, 0.25) is 0 Å². The van der Waals surface area contributed by atoms with Crippen molar-refractivity contribution < 1.29 is 14.7 Å². The molecule has 1 aromatic carbocycles. The molecule has 1 rings (SSSR count). The Kier molecular flexibility index (Phi) is 3.85. The minimum Gasteiger partial charge on any atom is -0.477 e. The van der Waals surface area contributed by atoms with Gasteiger partial charge in [0.15, 0.2) is 5.71 Å². The van der Waals surface area contributed by atoms with Crippen LogP contribution in [-0.2, 0) is 16.2 Å². The smallest absolute Gasteiger partial charge is 0.353 e. The average molecular weight is 207 g/mol. The minimum absolute atomic E-state index is 0.0536. The molecule has 0 bridgehead atoms. The van der Waals surface area contributed by atoms with Gasteiger partial charge in [0.2, 0.25) is 0 Å². The molecule has 1 aromatic rings. The monoisotopic (exact) mass is 207 g/mol. The van der Waals surface area contributed by atoms with Gasteiger partial charge in [-0.05, 0) is 19.4 Å². The number of carboxylic acids is 1. The summed E-state index contributed by atoms with van der Waals surface area (Å²) in [6, 6.07) is 7.76. The number of nitrogens with zero attached hydrogens (tertiary/aromatic N) is 1. The van der Waals surface area contributed by atoms with E-state index in [0.29, 0.717) is 0 Å². The van der Waals surface area contributed by atoms with Crippen molar-refractivity contribution in [1.82, 2.24) is 0 Å². The summed E-state index contributed by atoms with van der Waals surface area (Å²) in [5.41, 5.74) is 2.08. The van der Waals surface area contributed by atoms with Crippen LogP contribution in [0, 0.1) is 6.92 Å². The Morgan fingerprint density at radius 3 is 2.53 bits per heavy atom. The van der Waals surface area contributed by atoms with Crippen molar-refractivity contribution in [3.05, 3.63) is 35.4 Å². The largest absolute Gasteiger partial charge is 0.477 e. The van der Waals surface area contributed by atoms with Crippen LogP contribution in [0.15, 0.2) is 29.4 Å². The fourth-order valence-electron chi connectivity index (χ4n) is 0.927. The molecule has 4 nitrogen and oxygen atoms in total. The van der Waals surface area contributed by atoms with Crippen LogP contribution < -0.4 is 0 Å². The van der Waals surface area contributed by atoms with Crippen molar-refractivity contribution in [3.63, 3.8) is 0 Å². The number of carboxylic acid groups (broad SMARTS) is 1. The molecule has 0 aliphatic rings. The second-order valence-corrected chi connectivity index (χ2v) is 3.24. The normalized spacial score (nSPS) is 11.2. The third-order valence-electron chi connectivity index (χ3n) is 1.86. The van der Waals surface area contributed by atoms with Crippen molar-refractivity contribution in [2.75, 3.05) is 0 Å². The van der Waals surface area contributed by atoms with Crippen LogP contribution in [0.1, 0.15) is 18.1 Å². The average Bonchev–Trinajstić information content (AvgIpc) is 2.20. The molecule has 0 radical (unpaired) electrons. The lowest BCUT2D eigenvalue weighted by Crippen LogP contribution is -2.08. The first-order chi connectivity index (χ1) is 7.09. The van der Waals surface area contributed by atoms with Crippen molar-refractivity contribution in [3.8, 4) is 0 Å². The van der Waals surface area contributed by atoms with Gasteiger partial charge in [-0.2, -0.15) is 0 Å². The van der Waals surface area contributed by atoms with Gasteiger partial charge in [-0.25, -0.2) is 4.79 Å². The number of aliphatic carboxylic acids is 1. The number of hydrogen-bond acceptors (Lipinski definition) is 3. The molecular formula is C11H13NO3. The molecule has 4 heteroatoms. The van der Waals surface area contributed by atoms with Gasteiger partial charge >= 0.3 is 5.97 Å². The third kappa shape index (κ3) is 3.81. The molecule has 0 saturated heterocycles. The molecule has 0 spiro atoms. The molecular weight excluding hydrogens is 194 g/mol. The fraction of sp³-hybridized carbons (Fsp3) is 0.273. The van der Waals surface area contributed by atoms with E-state index in [0.717, 1.165) is 5.56 Å². The van der Waals surface area contributed by atoms with Gasteiger partial charge in [0, 0.05) is 0 Å². The fourth-order valence-corrected chi connectivity index (χ4v) is 0.927. The van der Waals surface area contributed by atoms with Gasteiger partial charge in [0.1, 0.15) is 6.61 Å². The highest BCUT2D eigenvalue weighted by Crippen LogP contribution is 2.04. The lowest BCUT2D eigenvalue weighted by molar-refractivity contribution is -0.129. The van der Waals surface area contributed by atoms with Crippen molar-refractivity contribution in [2.45, 2.75) is 20.5 Å². The van der Waals surface area contributed by atoms with Gasteiger partial charge in [0.25, 0.3) is 0 Å². The molecule has 0 fully saturated rings. The Labute approximate surface area is 88.2 Å². The molecule has 0 atom stereocenters. The van der Waals surface area contributed by atoms with Gasteiger partial charge in [-0.1, -0.05) is 35.0 Å². The maximum Gasteiger partial charge on any atom is 0.353 e. The highest BCUT2D eigenvalue weighted by atomic mass is 16.6. The number of oxime groups is 1. The molecule has 80 valence electrons. The van der Waals surface area contributed by atoms with Crippen LogP contribution >= 0.6 is 0 Å². The number of hydrogen-bond donors (Lipinski definition) is 1. The summed E-state index contributed by atoms with van der Waals surface area (Å²) in [6.45, 7) is 3.67. The quantitative estimate of drug-likeness (QED) is 0.606. The number of benzene rings is 1. The summed E-state index contributed by atoms with van der Waals surface area (Å²) in [6.07, 6.45) is 0. The Bertz CT molecular complexity index is 368. The van der Waals surface area contributed by atoms with E-state index in [1.54, 1.807) is 0 Å². The van der Waals surface area contributed by atoms with Crippen molar-refractivity contribution in [1.29, 1.82) is 0 Å².